The standard InChI is InChI=1S/C14H19NO2/c1-4-5-6-12(15)9-11-7-8-13(16-2)14(10-11)17-3/h7-8,10,12H,6,9,15H2,1-3H3. The van der Waals surface area contributed by atoms with Crippen molar-refractivity contribution >= 4 is 0 Å². The first kappa shape index (κ1) is 13.4. The smallest absolute Gasteiger partial charge is 0.160 e. The van der Waals surface area contributed by atoms with Gasteiger partial charge in [-0.05, 0) is 31.0 Å². The van der Waals surface area contributed by atoms with Gasteiger partial charge in [-0.25, -0.2) is 0 Å². The van der Waals surface area contributed by atoms with Gasteiger partial charge in [-0.3, -0.25) is 0 Å². The number of nitrogens with two attached hydrogens (primary N) is 1. The summed E-state index contributed by atoms with van der Waals surface area (Å²) < 4.78 is 10.4. The third kappa shape index (κ3) is 4.01. The van der Waals surface area contributed by atoms with E-state index in [4.69, 9.17) is 15.2 Å². The predicted octanol–water partition coefficient (Wildman–Crippen LogP) is 1.99. The number of hydrogen-bond donors (Lipinski definition) is 1. The van der Waals surface area contributed by atoms with Crippen LogP contribution in [0.4, 0.5) is 0 Å². The molecule has 0 saturated heterocycles. The van der Waals surface area contributed by atoms with Crippen LogP contribution in [-0.2, 0) is 6.42 Å². The molecule has 0 saturated carbocycles. The fourth-order valence-electron chi connectivity index (χ4n) is 1.62. The predicted molar refractivity (Wildman–Crippen MR) is 69.3 cm³/mol. The molecular formula is C14H19NO2. The number of rotatable bonds is 5. The number of hydrogen-bond acceptors (Lipinski definition) is 3. The Kier molecular flexibility index (Phi) is 5.38. The van der Waals surface area contributed by atoms with Gasteiger partial charge in [-0.2, -0.15) is 0 Å². The second-order valence-electron chi connectivity index (χ2n) is 3.78. The van der Waals surface area contributed by atoms with E-state index in [0.717, 1.165) is 23.5 Å². The average Bonchev–Trinajstić information content (AvgIpc) is 2.36. The van der Waals surface area contributed by atoms with Gasteiger partial charge in [0.1, 0.15) is 0 Å². The maximum atomic E-state index is 5.98. The van der Waals surface area contributed by atoms with Crippen LogP contribution in [0.2, 0.25) is 0 Å². The Morgan fingerprint density at radius 1 is 1.24 bits per heavy atom. The third-order valence-electron chi connectivity index (χ3n) is 2.49. The molecule has 3 nitrogen and oxygen atoms in total. The lowest BCUT2D eigenvalue weighted by Gasteiger charge is -2.12. The van der Waals surface area contributed by atoms with Crippen molar-refractivity contribution in [2.24, 2.45) is 5.73 Å². The van der Waals surface area contributed by atoms with E-state index in [1.165, 1.54) is 0 Å². The maximum absolute atomic E-state index is 5.98. The van der Waals surface area contributed by atoms with Crippen molar-refractivity contribution in [2.45, 2.75) is 25.8 Å². The van der Waals surface area contributed by atoms with Crippen molar-refractivity contribution in [3.05, 3.63) is 23.8 Å². The lowest BCUT2D eigenvalue weighted by molar-refractivity contribution is 0.354. The zero-order valence-corrected chi connectivity index (χ0v) is 10.6. The molecule has 1 unspecified atom stereocenters. The fraction of sp³-hybridized carbons (Fsp3) is 0.429. The fourth-order valence-corrected chi connectivity index (χ4v) is 1.62. The van der Waals surface area contributed by atoms with Crippen molar-refractivity contribution in [1.82, 2.24) is 0 Å². The van der Waals surface area contributed by atoms with Gasteiger partial charge in [0.05, 0.1) is 14.2 Å². The molecule has 0 radical (unpaired) electrons. The third-order valence-corrected chi connectivity index (χ3v) is 2.49. The molecule has 0 aliphatic carbocycles. The van der Waals surface area contributed by atoms with Crippen molar-refractivity contribution in [1.29, 1.82) is 0 Å². The van der Waals surface area contributed by atoms with Crippen molar-refractivity contribution in [2.75, 3.05) is 14.2 Å². The molecule has 0 bridgehead atoms. The maximum Gasteiger partial charge on any atom is 0.160 e. The van der Waals surface area contributed by atoms with Crippen LogP contribution in [-0.4, -0.2) is 20.3 Å². The molecule has 3 heteroatoms. The molecular weight excluding hydrogens is 214 g/mol. The van der Waals surface area contributed by atoms with Crippen molar-refractivity contribution in [3.8, 4) is 23.3 Å². The van der Waals surface area contributed by atoms with Gasteiger partial charge in [0.25, 0.3) is 0 Å². The molecule has 1 aromatic carbocycles. The summed E-state index contributed by atoms with van der Waals surface area (Å²) in [7, 11) is 3.25. The first-order chi connectivity index (χ1) is 8.21. The second kappa shape index (κ2) is 6.82. The number of benzene rings is 1. The topological polar surface area (TPSA) is 44.5 Å². The van der Waals surface area contributed by atoms with Crippen molar-refractivity contribution in [3.63, 3.8) is 0 Å². The summed E-state index contributed by atoms with van der Waals surface area (Å²) in [6, 6.07) is 5.91. The average molecular weight is 233 g/mol. The van der Waals surface area contributed by atoms with Gasteiger partial charge in [0.2, 0.25) is 0 Å². The minimum atomic E-state index is 0.0561. The van der Waals surface area contributed by atoms with Crippen LogP contribution in [0.5, 0.6) is 11.5 Å². The van der Waals surface area contributed by atoms with E-state index in [1.807, 2.05) is 25.1 Å². The summed E-state index contributed by atoms with van der Waals surface area (Å²) in [5.41, 5.74) is 7.11. The molecule has 0 fully saturated rings. The van der Waals surface area contributed by atoms with Gasteiger partial charge >= 0.3 is 0 Å². The highest BCUT2D eigenvalue weighted by molar-refractivity contribution is 5.43. The molecule has 1 rings (SSSR count). The van der Waals surface area contributed by atoms with Gasteiger partial charge in [-0.15, -0.1) is 11.8 Å². The second-order valence-corrected chi connectivity index (χ2v) is 3.78. The molecule has 0 aliphatic heterocycles. The molecule has 1 atom stereocenters. The molecule has 0 aromatic heterocycles. The molecule has 17 heavy (non-hydrogen) atoms. The summed E-state index contributed by atoms with van der Waals surface area (Å²) in [6.07, 6.45) is 1.50. The van der Waals surface area contributed by atoms with Gasteiger partial charge in [-0.1, -0.05) is 6.07 Å². The summed E-state index contributed by atoms with van der Waals surface area (Å²) in [4.78, 5) is 0. The lowest BCUT2D eigenvalue weighted by atomic mass is 10.0. The Balaban J connectivity index is 2.74. The van der Waals surface area contributed by atoms with E-state index in [0.29, 0.717) is 6.42 Å². The quantitative estimate of drug-likeness (QED) is 0.791. The Hall–Kier alpha value is -1.66. The Bertz CT molecular complexity index is 418. The molecule has 0 amide bonds. The van der Waals surface area contributed by atoms with Crippen LogP contribution in [0.1, 0.15) is 18.9 Å². The number of methoxy groups -OCH3 is 2. The molecule has 0 heterocycles. The Morgan fingerprint density at radius 2 is 1.94 bits per heavy atom. The van der Waals surface area contributed by atoms with E-state index in [-0.39, 0.29) is 6.04 Å². The van der Waals surface area contributed by atoms with E-state index >= 15 is 0 Å². The summed E-state index contributed by atoms with van der Waals surface area (Å²) in [6.45, 7) is 1.82. The highest BCUT2D eigenvalue weighted by Crippen LogP contribution is 2.27. The van der Waals surface area contributed by atoms with E-state index in [9.17, 15) is 0 Å². The molecule has 92 valence electrons. The van der Waals surface area contributed by atoms with E-state index < -0.39 is 0 Å². The van der Waals surface area contributed by atoms with Gasteiger partial charge < -0.3 is 15.2 Å². The summed E-state index contributed by atoms with van der Waals surface area (Å²) >= 11 is 0. The molecule has 0 spiro atoms. The zero-order valence-electron chi connectivity index (χ0n) is 10.6. The van der Waals surface area contributed by atoms with Crippen LogP contribution in [0, 0.1) is 11.8 Å². The van der Waals surface area contributed by atoms with Crippen LogP contribution in [0.15, 0.2) is 18.2 Å². The highest BCUT2D eigenvalue weighted by atomic mass is 16.5. The van der Waals surface area contributed by atoms with Crippen LogP contribution in [0.3, 0.4) is 0 Å². The van der Waals surface area contributed by atoms with Gasteiger partial charge in [0, 0.05) is 12.5 Å². The molecule has 2 N–H and O–H groups in total. The van der Waals surface area contributed by atoms with Crippen molar-refractivity contribution < 1.29 is 9.47 Å². The first-order valence-corrected chi connectivity index (χ1v) is 5.57. The first-order valence-electron chi connectivity index (χ1n) is 5.57. The van der Waals surface area contributed by atoms with Gasteiger partial charge in [0.15, 0.2) is 11.5 Å². The Morgan fingerprint density at radius 3 is 2.53 bits per heavy atom. The van der Waals surface area contributed by atoms with Crippen LogP contribution in [0.25, 0.3) is 0 Å². The Labute approximate surface area is 103 Å². The van der Waals surface area contributed by atoms with Crippen LogP contribution >= 0.6 is 0 Å². The van der Waals surface area contributed by atoms with E-state index in [2.05, 4.69) is 11.8 Å². The minimum absolute atomic E-state index is 0.0561. The monoisotopic (exact) mass is 233 g/mol. The lowest BCUT2D eigenvalue weighted by Crippen LogP contribution is -2.21. The number of ether oxygens (including phenoxy) is 2. The van der Waals surface area contributed by atoms with Crippen LogP contribution < -0.4 is 15.2 Å². The largest absolute Gasteiger partial charge is 0.493 e. The molecule has 1 aromatic rings. The normalized spacial score (nSPS) is 11.3. The SMILES string of the molecule is CC#CCC(N)Cc1ccc(OC)c(OC)c1. The highest BCUT2D eigenvalue weighted by Gasteiger charge is 2.07. The zero-order chi connectivity index (χ0) is 12.7. The summed E-state index contributed by atoms with van der Waals surface area (Å²) in [5, 5.41) is 0. The minimum Gasteiger partial charge on any atom is -0.493 e. The van der Waals surface area contributed by atoms with E-state index in [1.54, 1.807) is 14.2 Å². The molecule has 0 aliphatic rings. The summed E-state index contributed by atoms with van der Waals surface area (Å²) in [5.74, 6) is 7.31.